The average molecular weight is 437 g/mol. The number of benzene rings is 3. The molecular weight excluding hydrogens is 425 g/mol. The summed E-state index contributed by atoms with van der Waals surface area (Å²) in [5, 5.41) is 14.2. The summed E-state index contributed by atoms with van der Waals surface area (Å²) in [5.41, 5.74) is 1.55. The van der Waals surface area contributed by atoms with E-state index in [9.17, 15) is 32.1 Å². The topological polar surface area (TPSA) is 76.8 Å². The molecule has 160 valence electrons. The number of nitrogens with zero attached hydrogens (tertiary/aromatic N) is 2. The van der Waals surface area contributed by atoms with Crippen molar-refractivity contribution in [1.29, 1.82) is 0 Å². The lowest BCUT2D eigenvalue weighted by Gasteiger charge is -2.08. The fourth-order valence-electron chi connectivity index (χ4n) is 2.44. The molecule has 0 aliphatic rings. The number of hydrogen-bond acceptors (Lipinski definition) is 5. The summed E-state index contributed by atoms with van der Waals surface area (Å²) < 4.78 is 72.2. The highest BCUT2D eigenvalue weighted by Gasteiger charge is 2.25. The number of hydrazone groups is 1. The van der Waals surface area contributed by atoms with Crippen molar-refractivity contribution in [1.82, 2.24) is 0 Å². The highest BCUT2D eigenvalue weighted by molar-refractivity contribution is 5.80. The van der Waals surface area contributed by atoms with Gasteiger partial charge in [-0.1, -0.05) is 12.1 Å². The largest absolute Gasteiger partial charge is 0.489 e. The van der Waals surface area contributed by atoms with Gasteiger partial charge in [-0.05, 0) is 35.4 Å². The summed E-state index contributed by atoms with van der Waals surface area (Å²) >= 11 is 0. The summed E-state index contributed by atoms with van der Waals surface area (Å²) in [4.78, 5) is 10.1. The molecule has 3 aromatic carbocycles. The van der Waals surface area contributed by atoms with Gasteiger partial charge >= 0.3 is 0 Å². The maximum absolute atomic E-state index is 13.6. The van der Waals surface area contributed by atoms with Crippen LogP contribution in [-0.4, -0.2) is 11.1 Å². The van der Waals surface area contributed by atoms with Gasteiger partial charge in [0.25, 0.3) is 5.69 Å². The number of anilines is 1. The molecule has 0 aliphatic heterocycles. The molecule has 0 bridgehead atoms. The molecule has 0 spiro atoms. The molecular formula is C20H12F5N3O3. The summed E-state index contributed by atoms with van der Waals surface area (Å²) in [5.74, 6) is -10.1. The van der Waals surface area contributed by atoms with Crippen molar-refractivity contribution in [3.8, 4) is 5.75 Å². The monoisotopic (exact) mass is 437 g/mol. The molecule has 0 unspecified atom stereocenters. The normalized spacial score (nSPS) is 11.0. The standard InChI is InChI=1S/C20H12F5N3O3/c21-15-16(22)18(24)20(19(25)17(15)23)27-26-9-12-2-1-3-14(8-12)31-10-11-4-6-13(7-5-11)28(29)30/h1-9,27H,10H2/b26-9-. The Balaban J connectivity index is 1.67. The number of rotatable bonds is 7. The Hall–Kier alpha value is -4.02. The third-order valence-electron chi connectivity index (χ3n) is 4.01. The molecule has 6 nitrogen and oxygen atoms in total. The molecule has 0 aromatic heterocycles. The molecule has 3 aromatic rings. The van der Waals surface area contributed by atoms with Crippen molar-refractivity contribution in [2.45, 2.75) is 6.61 Å². The molecule has 0 radical (unpaired) electrons. The van der Waals surface area contributed by atoms with E-state index in [1.165, 1.54) is 30.3 Å². The molecule has 0 atom stereocenters. The second-order valence-corrected chi connectivity index (χ2v) is 6.10. The Morgan fingerprint density at radius 2 is 1.55 bits per heavy atom. The van der Waals surface area contributed by atoms with Crippen LogP contribution in [0.4, 0.5) is 33.3 Å². The van der Waals surface area contributed by atoms with Gasteiger partial charge in [-0.25, -0.2) is 22.0 Å². The van der Waals surface area contributed by atoms with E-state index < -0.39 is 39.7 Å². The SMILES string of the molecule is O=[N+]([O-])c1ccc(COc2cccc(/C=N\Nc3c(F)c(F)c(F)c(F)c3F)c2)cc1. The first-order valence-electron chi connectivity index (χ1n) is 8.54. The number of halogens is 5. The lowest BCUT2D eigenvalue weighted by Crippen LogP contribution is -2.06. The lowest BCUT2D eigenvalue weighted by molar-refractivity contribution is -0.384. The summed E-state index contributed by atoms with van der Waals surface area (Å²) in [6, 6.07) is 12.0. The van der Waals surface area contributed by atoms with Crippen LogP contribution in [0.15, 0.2) is 53.6 Å². The van der Waals surface area contributed by atoms with Crippen LogP contribution >= 0.6 is 0 Å². The number of non-ortho nitro benzene ring substituents is 1. The lowest BCUT2D eigenvalue weighted by atomic mass is 10.2. The first-order chi connectivity index (χ1) is 14.8. The van der Waals surface area contributed by atoms with Crippen LogP contribution in [0.1, 0.15) is 11.1 Å². The van der Waals surface area contributed by atoms with Crippen molar-refractivity contribution in [2.75, 3.05) is 5.43 Å². The van der Waals surface area contributed by atoms with E-state index in [0.717, 1.165) is 6.21 Å². The Labute approximate surface area is 171 Å². The van der Waals surface area contributed by atoms with Crippen molar-refractivity contribution in [3.63, 3.8) is 0 Å². The van der Waals surface area contributed by atoms with E-state index in [0.29, 0.717) is 16.9 Å². The van der Waals surface area contributed by atoms with Crippen LogP contribution in [0.5, 0.6) is 5.75 Å². The summed E-state index contributed by atoms with van der Waals surface area (Å²) in [7, 11) is 0. The smallest absolute Gasteiger partial charge is 0.269 e. The molecule has 3 rings (SSSR count). The van der Waals surface area contributed by atoms with Gasteiger partial charge in [0.15, 0.2) is 23.3 Å². The van der Waals surface area contributed by atoms with Gasteiger partial charge in [0, 0.05) is 12.1 Å². The van der Waals surface area contributed by atoms with Crippen molar-refractivity contribution in [3.05, 3.63) is 98.9 Å². The first-order valence-corrected chi connectivity index (χ1v) is 8.54. The van der Waals surface area contributed by atoms with Crippen LogP contribution in [-0.2, 0) is 6.61 Å². The molecule has 0 aliphatic carbocycles. The molecule has 0 fully saturated rings. The molecule has 0 heterocycles. The van der Waals surface area contributed by atoms with Gasteiger partial charge in [0.05, 0.1) is 11.1 Å². The van der Waals surface area contributed by atoms with Gasteiger partial charge in [-0.15, -0.1) is 0 Å². The van der Waals surface area contributed by atoms with Crippen molar-refractivity contribution >= 4 is 17.6 Å². The van der Waals surface area contributed by atoms with Crippen LogP contribution in [0.2, 0.25) is 0 Å². The van der Waals surface area contributed by atoms with E-state index in [4.69, 9.17) is 4.74 Å². The highest BCUT2D eigenvalue weighted by Crippen LogP contribution is 2.27. The van der Waals surface area contributed by atoms with Crippen LogP contribution in [0.3, 0.4) is 0 Å². The summed E-state index contributed by atoms with van der Waals surface area (Å²) in [6.07, 6.45) is 1.09. The number of nitro benzene ring substituents is 1. The summed E-state index contributed by atoms with van der Waals surface area (Å²) in [6.45, 7) is 0.112. The highest BCUT2D eigenvalue weighted by atomic mass is 19.2. The zero-order chi connectivity index (χ0) is 22.5. The molecule has 0 saturated carbocycles. The van der Waals surface area contributed by atoms with E-state index in [-0.39, 0.29) is 12.3 Å². The fraction of sp³-hybridized carbons (Fsp3) is 0.0500. The Morgan fingerprint density at radius 1 is 0.935 bits per heavy atom. The van der Waals surface area contributed by atoms with Gasteiger partial charge in [-0.3, -0.25) is 15.5 Å². The Kier molecular flexibility index (Phi) is 6.43. The van der Waals surface area contributed by atoms with E-state index in [2.05, 4.69) is 5.10 Å². The van der Waals surface area contributed by atoms with Crippen molar-refractivity contribution < 1.29 is 31.6 Å². The number of ether oxygens (including phenoxy) is 1. The zero-order valence-corrected chi connectivity index (χ0v) is 15.4. The number of nitrogens with one attached hydrogen (secondary N) is 1. The Morgan fingerprint density at radius 3 is 2.16 bits per heavy atom. The van der Waals surface area contributed by atoms with E-state index in [1.807, 2.05) is 5.43 Å². The quantitative estimate of drug-likeness (QED) is 0.136. The molecule has 1 N–H and O–H groups in total. The van der Waals surface area contributed by atoms with Crippen LogP contribution in [0.25, 0.3) is 0 Å². The third-order valence-corrected chi connectivity index (χ3v) is 4.01. The van der Waals surface area contributed by atoms with E-state index in [1.54, 1.807) is 18.2 Å². The molecule has 0 saturated heterocycles. The fourth-order valence-corrected chi connectivity index (χ4v) is 2.44. The second kappa shape index (κ2) is 9.20. The predicted octanol–water partition coefficient (Wildman–Crippen LogP) is 5.32. The molecule has 11 heteroatoms. The minimum absolute atomic E-state index is 0.0525. The van der Waals surface area contributed by atoms with Gasteiger partial charge in [0.2, 0.25) is 5.82 Å². The molecule has 31 heavy (non-hydrogen) atoms. The number of hydrogen-bond donors (Lipinski definition) is 1. The third kappa shape index (κ3) is 4.94. The van der Waals surface area contributed by atoms with Crippen LogP contribution < -0.4 is 10.2 Å². The van der Waals surface area contributed by atoms with Gasteiger partial charge in [-0.2, -0.15) is 5.10 Å². The Bertz CT molecular complexity index is 1120. The van der Waals surface area contributed by atoms with Gasteiger partial charge in [0.1, 0.15) is 18.0 Å². The maximum Gasteiger partial charge on any atom is 0.269 e. The minimum Gasteiger partial charge on any atom is -0.489 e. The maximum atomic E-state index is 13.6. The molecule has 0 amide bonds. The van der Waals surface area contributed by atoms with E-state index >= 15 is 0 Å². The van der Waals surface area contributed by atoms with Crippen molar-refractivity contribution in [2.24, 2.45) is 5.10 Å². The van der Waals surface area contributed by atoms with Crippen LogP contribution in [0, 0.1) is 39.2 Å². The predicted molar refractivity (Wildman–Crippen MR) is 101 cm³/mol. The first kappa shape index (κ1) is 21.7. The van der Waals surface area contributed by atoms with Gasteiger partial charge < -0.3 is 4.74 Å². The average Bonchev–Trinajstić information content (AvgIpc) is 2.78. The minimum atomic E-state index is -2.26. The second-order valence-electron chi connectivity index (χ2n) is 6.10. The number of nitro groups is 1. The zero-order valence-electron chi connectivity index (χ0n) is 15.4.